The smallest absolute Gasteiger partial charge is 0.240 e. The SMILES string of the molecule is CCc1cc2c(-c3ccc(S(=O)(=O)NC4CCS(O)(O)C4)cc3)ccnc2[nH]1. The van der Waals surface area contributed by atoms with E-state index < -0.39 is 26.7 Å². The monoisotopic (exact) mass is 421 g/mol. The van der Waals surface area contributed by atoms with Gasteiger partial charge in [0.2, 0.25) is 10.0 Å². The zero-order valence-electron chi connectivity index (χ0n) is 15.4. The molecule has 150 valence electrons. The van der Waals surface area contributed by atoms with Crippen LogP contribution in [0.1, 0.15) is 19.0 Å². The van der Waals surface area contributed by atoms with Crippen LogP contribution in [-0.2, 0) is 16.4 Å². The fraction of sp³-hybridized carbons (Fsp3) is 0.316. The van der Waals surface area contributed by atoms with Crippen LogP contribution in [-0.4, -0.2) is 45.0 Å². The van der Waals surface area contributed by atoms with Crippen LogP contribution in [0, 0.1) is 0 Å². The lowest BCUT2D eigenvalue weighted by Gasteiger charge is -2.26. The predicted octanol–water partition coefficient (Wildman–Crippen LogP) is 3.59. The minimum Gasteiger partial charge on any atom is -0.343 e. The molecular weight excluding hydrogens is 398 g/mol. The van der Waals surface area contributed by atoms with E-state index in [0.717, 1.165) is 34.3 Å². The normalized spacial score (nSPS) is 20.5. The van der Waals surface area contributed by atoms with Crippen LogP contribution in [0.15, 0.2) is 47.5 Å². The second-order valence-corrected chi connectivity index (χ2v) is 11.1. The number of fused-ring (bicyclic) bond motifs is 1. The van der Waals surface area contributed by atoms with E-state index >= 15 is 0 Å². The van der Waals surface area contributed by atoms with Gasteiger partial charge in [-0.15, -0.1) is 0 Å². The molecule has 28 heavy (non-hydrogen) atoms. The molecule has 1 aliphatic rings. The van der Waals surface area contributed by atoms with E-state index in [1.807, 2.05) is 6.07 Å². The van der Waals surface area contributed by atoms with E-state index in [-0.39, 0.29) is 16.4 Å². The van der Waals surface area contributed by atoms with Crippen molar-refractivity contribution in [3.8, 4) is 11.1 Å². The molecule has 7 nitrogen and oxygen atoms in total. The molecule has 0 bridgehead atoms. The number of aromatic amines is 1. The fourth-order valence-corrected chi connectivity index (χ4v) is 6.64. The van der Waals surface area contributed by atoms with E-state index in [0.29, 0.717) is 6.42 Å². The molecule has 0 saturated carbocycles. The van der Waals surface area contributed by atoms with E-state index in [1.165, 1.54) is 0 Å². The highest BCUT2D eigenvalue weighted by Gasteiger charge is 2.31. The summed E-state index contributed by atoms with van der Waals surface area (Å²) in [6.07, 6.45) is 3.05. The van der Waals surface area contributed by atoms with Crippen LogP contribution < -0.4 is 4.72 Å². The Balaban J connectivity index is 1.60. The first-order valence-electron chi connectivity index (χ1n) is 9.10. The third kappa shape index (κ3) is 3.81. The minimum atomic E-state index is -3.71. The molecular formula is C19H23N3O4S2. The predicted molar refractivity (Wildman–Crippen MR) is 112 cm³/mol. The van der Waals surface area contributed by atoms with Gasteiger partial charge < -0.3 is 4.98 Å². The van der Waals surface area contributed by atoms with Crippen molar-refractivity contribution in [1.29, 1.82) is 0 Å². The molecule has 4 rings (SSSR count). The van der Waals surface area contributed by atoms with Crippen LogP contribution >= 0.6 is 10.6 Å². The van der Waals surface area contributed by atoms with Gasteiger partial charge in [-0.1, -0.05) is 19.1 Å². The minimum absolute atomic E-state index is 0.0760. The summed E-state index contributed by atoms with van der Waals surface area (Å²) in [4.78, 5) is 7.80. The Morgan fingerprint density at radius 3 is 2.64 bits per heavy atom. The van der Waals surface area contributed by atoms with E-state index in [1.54, 1.807) is 30.5 Å². The van der Waals surface area contributed by atoms with Crippen LogP contribution in [0.4, 0.5) is 0 Å². The van der Waals surface area contributed by atoms with E-state index in [2.05, 4.69) is 27.7 Å². The lowest BCUT2D eigenvalue weighted by molar-refractivity contribution is 0.494. The molecule has 0 spiro atoms. The second kappa shape index (κ2) is 7.16. The molecule has 0 aliphatic carbocycles. The highest BCUT2D eigenvalue weighted by atomic mass is 32.3. The molecule has 4 N–H and O–H groups in total. The number of sulfonamides is 1. The van der Waals surface area contributed by atoms with Gasteiger partial charge in [-0.3, -0.25) is 9.11 Å². The molecule has 1 saturated heterocycles. The third-order valence-electron chi connectivity index (χ3n) is 5.03. The number of nitrogens with one attached hydrogen (secondary N) is 2. The maximum absolute atomic E-state index is 12.6. The van der Waals surface area contributed by atoms with Gasteiger partial charge >= 0.3 is 0 Å². The standard InChI is InChI=1S/C19H23N3O4S2/c1-2-14-11-18-17(7-9-20-19(18)21-14)13-3-5-16(6-4-13)28(25,26)22-15-8-10-27(23,24)12-15/h3-7,9,11,15,22-24H,2,8,10,12H2,1H3,(H,20,21). The molecule has 3 heterocycles. The van der Waals surface area contributed by atoms with Gasteiger partial charge in [-0.05, 0) is 48.2 Å². The largest absolute Gasteiger partial charge is 0.343 e. The molecule has 1 aromatic carbocycles. The maximum atomic E-state index is 12.6. The summed E-state index contributed by atoms with van der Waals surface area (Å²) in [5, 5.41) is 1.00. The highest BCUT2D eigenvalue weighted by Crippen LogP contribution is 2.45. The van der Waals surface area contributed by atoms with Gasteiger partial charge in [-0.25, -0.2) is 18.1 Å². The highest BCUT2D eigenvalue weighted by molar-refractivity contribution is 8.24. The number of aromatic nitrogens is 2. The summed E-state index contributed by atoms with van der Waals surface area (Å²) in [6.45, 7) is 2.07. The topological polar surface area (TPSA) is 115 Å². The summed E-state index contributed by atoms with van der Waals surface area (Å²) < 4.78 is 47.2. The molecule has 1 atom stereocenters. The number of nitrogens with zero attached hydrogens (tertiary/aromatic N) is 1. The quantitative estimate of drug-likeness (QED) is 0.502. The van der Waals surface area contributed by atoms with E-state index in [4.69, 9.17) is 0 Å². The number of benzene rings is 1. The van der Waals surface area contributed by atoms with Crippen molar-refractivity contribution in [3.63, 3.8) is 0 Å². The lowest BCUT2D eigenvalue weighted by Crippen LogP contribution is -2.35. The zero-order valence-corrected chi connectivity index (χ0v) is 17.1. The molecule has 1 fully saturated rings. The zero-order chi connectivity index (χ0) is 19.9. The van der Waals surface area contributed by atoms with Gasteiger partial charge in [0.1, 0.15) is 5.65 Å². The first kappa shape index (κ1) is 19.4. The van der Waals surface area contributed by atoms with Crippen molar-refractivity contribution in [1.82, 2.24) is 14.7 Å². The number of H-pyrrole nitrogens is 1. The lowest BCUT2D eigenvalue weighted by atomic mass is 10.0. The number of rotatable bonds is 5. The Morgan fingerprint density at radius 2 is 2.00 bits per heavy atom. The molecule has 0 radical (unpaired) electrons. The summed E-state index contributed by atoms with van der Waals surface area (Å²) >= 11 is 0. The summed E-state index contributed by atoms with van der Waals surface area (Å²) in [5.41, 5.74) is 3.81. The first-order chi connectivity index (χ1) is 13.3. The van der Waals surface area contributed by atoms with Crippen molar-refractivity contribution >= 4 is 31.6 Å². The number of hydrogen-bond donors (Lipinski definition) is 4. The van der Waals surface area contributed by atoms with Gasteiger partial charge in [0.15, 0.2) is 0 Å². The van der Waals surface area contributed by atoms with Crippen LogP contribution in [0.5, 0.6) is 0 Å². The van der Waals surface area contributed by atoms with Crippen molar-refractivity contribution in [3.05, 3.63) is 48.3 Å². The Hall–Kier alpha value is -1.91. The average molecular weight is 422 g/mol. The second-order valence-electron chi connectivity index (χ2n) is 7.07. The van der Waals surface area contributed by atoms with Crippen LogP contribution in [0.2, 0.25) is 0 Å². The van der Waals surface area contributed by atoms with Gasteiger partial charge in [-0.2, -0.15) is 10.6 Å². The maximum Gasteiger partial charge on any atom is 0.240 e. The molecule has 1 unspecified atom stereocenters. The summed E-state index contributed by atoms with van der Waals surface area (Å²) in [7, 11) is -6.36. The Morgan fingerprint density at radius 1 is 1.25 bits per heavy atom. The van der Waals surface area contributed by atoms with E-state index in [9.17, 15) is 17.5 Å². The van der Waals surface area contributed by atoms with Crippen molar-refractivity contribution in [2.24, 2.45) is 0 Å². The van der Waals surface area contributed by atoms with Gasteiger partial charge in [0, 0.05) is 29.1 Å². The van der Waals surface area contributed by atoms with Gasteiger partial charge in [0.05, 0.1) is 10.6 Å². The molecule has 2 aromatic heterocycles. The molecule has 0 amide bonds. The first-order valence-corrected chi connectivity index (χ1v) is 12.5. The summed E-state index contributed by atoms with van der Waals surface area (Å²) in [6, 6.07) is 10.3. The van der Waals surface area contributed by atoms with Gasteiger partial charge in [0.25, 0.3) is 0 Å². The Labute approximate surface area is 165 Å². The van der Waals surface area contributed by atoms with Crippen LogP contribution in [0.3, 0.4) is 0 Å². The van der Waals surface area contributed by atoms with Crippen molar-refractivity contribution in [2.45, 2.75) is 30.7 Å². The van der Waals surface area contributed by atoms with Crippen molar-refractivity contribution in [2.75, 3.05) is 11.5 Å². The molecule has 9 heteroatoms. The fourth-order valence-electron chi connectivity index (χ4n) is 3.54. The number of aryl methyl sites for hydroxylation is 1. The van der Waals surface area contributed by atoms with Crippen LogP contribution in [0.25, 0.3) is 22.2 Å². The molecule has 1 aliphatic heterocycles. The summed E-state index contributed by atoms with van der Waals surface area (Å²) in [5.74, 6) is 0.320. The number of pyridine rings is 1. The average Bonchev–Trinajstić information content (AvgIpc) is 3.23. The molecule has 3 aromatic rings. The van der Waals surface area contributed by atoms with Crippen molar-refractivity contribution < 1.29 is 17.5 Å². The number of hydrogen-bond acceptors (Lipinski definition) is 5. The Bertz CT molecular complexity index is 1110. The third-order valence-corrected chi connectivity index (χ3v) is 8.39. The Kier molecular flexibility index (Phi) is 4.96.